The third kappa shape index (κ3) is 8.47. The Kier molecular flexibility index (Phi) is 11.5. The Balaban J connectivity index is 0.897. The third-order valence-electron chi connectivity index (χ3n) is 9.19. The van der Waals surface area contributed by atoms with Crippen molar-refractivity contribution in [3.63, 3.8) is 0 Å². The van der Waals surface area contributed by atoms with E-state index in [1.807, 2.05) is 76.3 Å². The second-order valence-corrected chi connectivity index (χ2v) is 13.9. The Bertz CT molecular complexity index is 1910. The number of benzene rings is 4. The Labute approximate surface area is 319 Å². The largest absolute Gasteiger partial charge is 0.491 e. The van der Waals surface area contributed by atoms with Crippen LogP contribution in [0.25, 0.3) is 0 Å². The molecule has 52 heavy (non-hydrogen) atoms. The van der Waals surface area contributed by atoms with Gasteiger partial charge in [-0.05, 0) is 85.0 Å². The molecule has 3 heterocycles. The molecule has 4 aromatic carbocycles. The number of aliphatic hydroxyl groups is 1. The van der Waals surface area contributed by atoms with Gasteiger partial charge in [0, 0.05) is 78.5 Å². The molecule has 2 atom stereocenters. The van der Waals surface area contributed by atoms with Gasteiger partial charge in [0.15, 0.2) is 5.11 Å². The summed E-state index contributed by atoms with van der Waals surface area (Å²) in [6.45, 7) is 5.07. The lowest BCUT2D eigenvalue weighted by molar-refractivity contribution is -0.189. The number of ether oxygens (including phenoxy) is 3. The average molecular weight is 760 g/mol. The monoisotopic (exact) mass is 758 g/mol. The van der Waals surface area contributed by atoms with Crippen molar-refractivity contribution in [2.75, 3.05) is 72.6 Å². The van der Waals surface area contributed by atoms with Crippen LogP contribution in [0, 0.1) is 0 Å². The fourth-order valence-corrected chi connectivity index (χ4v) is 7.41. The first kappa shape index (κ1) is 36.0. The molecule has 0 amide bonds. The lowest BCUT2D eigenvalue weighted by atomic mass is 10.1. The highest BCUT2D eigenvalue weighted by molar-refractivity contribution is 7.80. The quantitative estimate of drug-likeness (QED) is 0.129. The van der Waals surface area contributed by atoms with Crippen LogP contribution < -0.4 is 24.8 Å². The summed E-state index contributed by atoms with van der Waals surface area (Å²) in [4.78, 5) is 10.8. The number of rotatable bonds is 12. The van der Waals surface area contributed by atoms with Crippen LogP contribution in [0.4, 0.5) is 22.7 Å². The van der Waals surface area contributed by atoms with Gasteiger partial charge in [-0.1, -0.05) is 47.5 Å². The van der Waals surface area contributed by atoms with Crippen LogP contribution in [0.15, 0.2) is 116 Å². The number of halogens is 2. The number of nitrogens with one attached hydrogen (secondary N) is 1. The van der Waals surface area contributed by atoms with Gasteiger partial charge < -0.3 is 43.9 Å². The SMILES string of the molecule is OCCN(C(=S)Nc1ccc(N2CCN(c3ccc(OCC4COC(Cn5ccnc5)(c5ccc(Cl)cc5Cl)O4)cc3)CC2)cc1)c1ccccc1. The molecule has 13 heteroatoms. The van der Waals surface area contributed by atoms with E-state index in [-0.39, 0.29) is 12.7 Å². The highest BCUT2D eigenvalue weighted by atomic mass is 35.5. The number of aromatic nitrogens is 2. The van der Waals surface area contributed by atoms with Crippen molar-refractivity contribution >= 4 is 63.3 Å². The summed E-state index contributed by atoms with van der Waals surface area (Å²) in [6, 6.07) is 31.7. The second-order valence-electron chi connectivity index (χ2n) is 12.6. The third-order valence-corrected chi connectivity index (χ3v) is 10.1. The van der Waals surface area contributed by atoms with Gasteiger partial charge in [0.2, 0.25) is 5.79 Å². The predicted octanol–water partition coefficient (Wildman–Crippen LogP) is 7.06. The number of piperazine rings is 1. The molecule has 2 aliphatic heterocycles. The van der Waals surface area contributed by atoms with Crippen molar-refractivity contribution in [1.29, 1.82) is 0 Å². The molecule has 2 fully saturated rings. The summed E-state index contributed by atoms with van der Waals surface area (Å²) in [5, 5.41) is 14.5. The van der Waals surface area contributed by atoms with Gasteiger partial charge in [0.1, 0.15) is 18.5 Å². The van der Waals surface area contributed by atoms with Gasteiger partial charge in [-0.25, -0.2) is 4.98 Å². The van der Waals surface area contributed by atoms with Crippen LogP contribution in [-0.2, 0) is 21.8 Å². The molecule has 0 bridgehead atoms. The predicted molar refractivity (Wildman–Crippen MR) is 211 cm³/mol. The molecule has 1 aromatic heterocycles. The maximum Gasteiger partial charge on any atom is 0.215 e. The molecule has 2 aliphatic rings. The normalized spacial score (nSPS) is 18.7. The van der Waals surface area contributed by atoms with E-state index in [1.54, 1.807) is 24.7 Å². The van der Waals surface area contributed by atoms with E-state index in [9.17, 15) is 5.11 Å². The minimum absolute atomic E-state index is 0.00309. The Morgan fingerprint density at radius 3 is 2.27 bits per heavy atom. The topological polar surface area (TPSA) is 87.5 Å². The Morgan fingerprint density at radius 2 is 1.63 bits per heavy atom. The maximum atomic E-state index is 9.58. The number of imidazole rings is 1. The van der Waals surface area contributed by atoms with E-state index < -0.39 is 5.79 Å². The molecule has 270 valence electrons. The summed E-state index contributed by atoms with van der Waals surface area (Å²) in [7, 11) is 0. The summed E-state index contributed by atoms with van der Waals surface area (Å²) >= 11 is 18.5. The number of para-hydroxylation sites is 1. The van der Waals surface area contributed by atoms with Crippen molar-refractivity contribution in [3.8, 4) is 5.75 Å². The smallest absolute Gasteiger partial charge is 0.215 e. The highest BCUT2D eigenvalue weighted by Crippen LogP contribution is 2.40. The van der Waals surface area contributed by atoms with Gasteiger partial charge in [0.05, 0.1) is 31.1 Å². The second kappa shape index (κ2) is 16.5. The van der Waals surface area contributed by atoms with Gasteiger partial charge in [-0.3, -0.25) is 0 Å². The van der Waals surface area contributed by atoms with Crippen molar-refractivity contribution < 1.29 is 19.3 Å². The van der Waals surface area contributed by atoms with Crippen molar-refractivity contribution in [2.45, 2.75) is 18.4 Å². The molecule has 0 aliphatic carbocycles. The zero-order valence-corrected chi connectivity index (χ0v) is 30.8. The Morgan fingerprint density at radius 1 is 0.942 bits per heavy atom. The van der Waals surface area contributed by atoms with Crippen molar-refractivity contribution in [1.82, 2.24) is 9.55 Å². The van der Waals surface area contributed by atoms with E-state index in [1.165, 1.54) is 5.69 Å². The number of anilines is 4. The molecule has 10 nitrogen and oxygen atoms in total. The van der Waals surface area contributed by atoms with Gasteiger partial charge >= 0.3 is 0 Å². The number of hydrogen-bond acceptors (Lipinski definition) is 8. The summed E-state index contributed by atoms with van der Waals surface area (Å²) < 4.78 is 20.9. The standard InChI is InChI=1S/C39H40Cl2N6O4S/c40-29-6-15-36(37(41)24-29)39(27-44-17-16-42-28-44)50-26-35(51-39)25-49-34-13-11-32(12-14-34)46-20-18-45(19-21-46)31-9-7-30(8-10-31)43-38(52)47(22-23-48)33-4-2-1-3-5-33/h1-17,24,28,35,48H,18-23,25-27H2,(H,43,52). The summed E-state index contributed by atoms with van der Waals surface area (Å²) in [5.41, 5.74) is 4.87. The number of aliphatic hydroxyl groups excluding tert-OH is 1. The van der Waals surface area contributed by atoms with Crippen LogP contribution >= 0.6 is 35.4 Å². The minimum Gasteiger partial charge on any atom is -0.491 e. The summed E-state index contributed by atoms with van der Waals surface area (Å²) in [5.74, 6) is -0.334. The lowest BCUT2D eigenvalue weighted by Gasteiger charge is -2.37. The molecule has 5 aromatic rings. The molecular weight excluding hydrogens is 719 g/mol. The maximum absolute atomic E-state index is 9.58. The molecule has 0 saturated carbocycles. The zero-order chi connectivity index (χ0) is 35.9. The fraction of sp³-hybridized carbons (Fsp3) is 0.282. The number of thiocarbonyl (C=S) groups is 1. The molecule has 0 spiro atoms. The highest BCUT2D eigenvalue weighted by Gasteiger charge is 2.45. The first-order valence-corrected chi connectivity index (χ1v) is 18.4. The van der Waals surface area contributed by atoms with E-state index in [4.69, 9.17) is 49.6 Å². The number of hydrogen-bond donors (Lipinski definition) is 2. The van der Waals surface area contributed by atoms with Crippen molar-refractivity contribution in [3.05, 3.63) is 131 Å². The zero-order valence-electron chi connectivity index (χ0n) is 28.5. The molecule has 2 saturated heterocycles. The molecule has 2 N–H and O–H groups in total. The first-order valence-electron chi connectivity index (χ1n) is 17.2. The molecular formula is C39H40Cl2N6O4S. The van der Waals surface area contributed by atoms with E-state index in [0.717, 1.165) is 49.0 Å². The van der Waals surface area contributed by atoms with Gasteiger partial charge in [0.25, 0.3) is 0 Å². The molecule has 2 unspecified atom stereocenters. The van der Waals surface area contributed by atoms with E-state index >= 15 is 0 Å². The lowest BCUT2D eigenvalue weighted by Crippen LogP contribution is -2.46. The average Bonchev–Trinajstić information content (AvgIpc) is 3.84. The number of nitrogens with zero attached hydrogens (tertiary/aromatic N) is 5. The van der Waals surface area contributed by atoms with Crippen LogP contribution in [0.2, 0.25) is 10.0 Å². The van der Waals surface area contributed by atoms with Gasteiger partial charge in [-0.15, -0.1) is 0 Å². The molecule has 7 rings (SSSR count). The fourth-order valence-electron chi connectivity index (χ4n) is 6.54. The van der Waals surface area contributed by atoms with Crippen LogP contribution in [-0.4, -0.2) is 78.4 Å². The van der Waals surface area contributed by atoms with Crippen LogP contribution in [0.3, 0.4) is 0 Å². The van der Waals surface area contributed by atoms with Crippen LogP contribution in [0.5, 0.6) is 5.75 Å². The first-order chi connectivity index (χ1) is 25.4. The van der Waals surface area contributed by atoms with E-state index in [0.29, 0.717) is 47.0 Å². The minimum atomic E-state index is -1.10. The summed E-state index contributed by atoms with van der Waals surface area (Å²) in [6.07, 6.45) is 4.99. The Hall–Kier alpha value is -4.36. The van der Waals surface area contributed by atoms with E-state index in [2.05, 4.69) is 44.4 Å². The molecule has 0 radical (unpaired) electrons. The van der Waals surface area contributed by atoms with Gasteiger partial charge in [-0.2, -0.15) is 0 Å². The van der Waals surface area contributed by atoms with Crippen molar-refractivity contribution in [2.24, 2.45) is 0 Å². The van der Waals surface area contributed by atoms with Crippen LogP contribution in [0.1, 0.15) is 5.56 Å².